The van der Waals surface area contributed by atoms with Crippen molar-refractivity contribution in [3.05, 3.63) is 65.7 Å². The van der Waals surface area contributed by atoms with Crippen LogP contribution in [0.1, 0.15) is 29.9 Å². The van der Waals surface area contributed by atoms with Crippen molar-refractivity contribution in [2.45, 2.75) is 18.8 Å². The van der Waals surface area contributed by atoms with Crippen molar-refractivity contribution >= 4 is 0 Å². The third-order valence-electron chi connectivity index (χ3n) is 3.79. The maximum absolute atomic E-state index is 9.12. The topological polar surface area (TPSA) is 56.8 Å². The highest BCUT2D eigenvalue weighted by atomic mass is 16.5. The van der Waals surface area contributed by atoms with E-state index in [1.54, 1.807) is 7.11 Å². The molecule has 0 aliphatic rings. The predicted molar refractivity (Wildman–Crippen MR) is 85.2 cm³/mol. The second kappa shape index (κ2) is 7.86. The molecule has 2 aromatic carbocycles. The van der Waals surface area contributed by atoms with E-state index in [-0.39, 0.29) is 11.8 Å². The highest BCUT2D eigenvalue weighted by molar-refractivity contribution is 5.38. The van der Waals surface area contributed by atoms with Crippen molar-refractivity contribution in [1.29, 1.82) is 10.5 Å². The number of benzene rings is 2. The summed E-state index contributed by atoms with van der Waals surface area (Å²) in [7, 11) is 1.64. The Balaban J connectivity index is 2.49. The molecule has 0 aliphatic heterocycles. The summed E-state index contributed by atoms with van der Waals surface area (Å²) >= 11 is 0. The second-order valence-electron chi connectivity index (χ2n) is 5.15. The number of methoxy groups -OCH3 is 1. The zero-order valence-corrected chi connectivity index (χ0v) is 12.6. The Hall–Kier alpha value is -2.78. The van der Waals surface area contributed by atoms with E-state index in [2.05, 4.69) is 12.1 Å². The molecule has 110 valence electrons. The lowest BCUT2D eigenvalue weighted by Gasteiger charge is -2.25. The van der Waals surface area contributed by atoms with Gasteiger partial charge in [0.25, 0.3) is 0 Å². The molecule has 3 heteroatoms. The molecule has 0 unspecified atom stereocenters. The summed E-state index contributed by atoms with van der Waals surface area (Å²) in [6.45, 7) is 0. The average Bonchev–Trinajstić information content (AvgIpc) is 2.57. The normalized spacial score (nSPS) is 11.5. The van der Waals surface area contributed by atoms with Crippen LogP contribution in [-0.4, -0.2) is 7.11 Å². The standard InChI is InChI=1S/C19H18N2O/c1-22-18-9-5-8-17(14-18)19(15-6-3-2-4-7-15)16(10-12-20)11-13-21/h2-9,14,16,19H,10-11H2,1H3/t19-/m0/s1. The van der Waals surface area contributed by atoms with E-state index in [1.807, 2.05) is 54.6 Å². The average molecular weight is 290 g/mol. The summed E-state index contributed by atoms with van der Waals surface area (Å²) in [6.07, 6.45) is 0.703. The Morgan fingerprint density at radius 2 is 1.55 bits per heavy atom. The molecule has 0 N–H and O–H groups in total. The molecule has 2 rings (SSSR count). The third-order valence-corrected chi connectivity index (χ3v) is 3.79. The van der Waals surface area contributed by atoms with Gasteiger partial charge < -0.3 is 4.74 Å². The van der Waals surface area contributed by atoms with Crippen LogP contribution >= 0.6 is 0 Å². The van der Waals surface area contributed by atoms with E-state index in [9.17, 15) is 0 Å². The molecule has 2 aromatic rings. The van der Waals surface area contributed by atoms with Gasteiger partial charge in [-0.05, 0) is 29.2 Å². The Labute approximate surface area is 131 Å². The van der Waals surface area contributed by atoms with E-state index < -0.39 is 0 Å². The first-order valence-electron chi connectivity index (χ1n) is 7.23. The van der Waals surface area contributed by atoms with Gasteiger partial charge in [0.2, 0.25) is 0 Å². The van der Waals surface area contributed by atoms with Gasteiger partial charge in [-0.1, -0.05) is 42.5 Å². The molecule has 22 heavy (non-hydrogen) atoms. The molecule has 0 aromatic heterocycles. The molecule has 3 nitrogen and oxygen atoms in total. The predicted octanol–water partition coefficient (Wildman–Crippen LogP) is 4.27. The zero-order chi connectivity index (χ0) is 15.8. The van der Waals surface area contributed by atoms with Crippen LogP contribution in [0.15, 0.2) is 54.6 Å². The number of ether oxygens (including phenoxy) is 1. The zero-order valence-electron chi connectivity index (χ0n) is 12.6. The molecule has 0 heterocycles. The van der Waals surface area contributed by atoms with Crippen LogP contribution in [0.4, 0.5) is 0 Å². The Morgan fingerprint density at radius 1 is 0.909 bits per heavy atom. The van der Waals surface area contributed by atoms with Gasteiger partial charge >= 0.3 is 0 Å². The minimum Gasteiger partial charge on any atom is -0.497 e. The highest BCUT2D eigenvalue weighted by Crippen LogP contribution is 2.36. The smallest absolute Gasteiger partial charge is 0.119 e. The van der Waals surface area contributed by atoms with Gasteiger partial charge in [0.15, 0.2) is 0 Å². The van der Waals surface area contributed by atoms with Crippen molar-refractivity contribution in [3.63, 3.8) is 0 Å². The molecule has 0 saturated carbocycles. The van der Waals surface area contributed by atoms with Crippen LogP contribution < -0.4 is 4.74 Å². The van der Waals surface area contributed by atoms with E-state index in [1.165, 1.54) is 0 Å². The first kappa shape index (κ1) is 15.6. The minimum atomic E-state index is -0.0375. The SMILES string of the molecule is COc1cccc([C@@H](c2ccccc2)C(CC#N)CC#N)c1. The molecule has 0 radical (unpaired) electrons. The first-order chi connectivity index (χ1) is 10.8. The third kappa shape index (κ3) is 3.65. The van der Waals surface area contributed by atoms with Gasteiger partial charge in [0, 0.05) is 18.8 Å². The van der Waals surface area contributed by atoms with Crippen LogP contribution in [0.25, 0.3) is 0 Å². The molecule has 0 fully saturated rings. The van der Waals surface area contributed by atoms with Gasteiger partial charge in [0.05, 0.1) is 19.2 Å². The summed E-state index contributed by atoms with van der Waals surface area (Å²) in [6, 6.07) is 22.3. The molecule has 0 spiro atoms. The number of hydrogen-bond donors (Lipinski definition) is 0. The maximum Gasteiger partial charge on any atom is 0.119 e. The molecule has 0 bridgehead atoms. The Bertz CT molecular complexity index is 667. The monoisotopic (exact) mass is 290 g/mol. The number of hydrogen-bond acceptors (Lipinski definition) is 3. The van der Waals surface area contributed by atoms with E-state index in [4.69, 9.17) is 15.3 Å². The van der Waals surface area contributed by atoms with Crippen LogP contribution in [-0.2, 0) is 0 Å². The van der Waals surface area contributed by atoms with Gasteiger partial charge in [-0.15, -0.1) is 0 Å². The molecule has 0 saturated heterocycles. The molecular weight excluding hydrogens is 272 g/mol. The highest BCUT2D eigenvalue weighted by Gasteiger charge is 2.25. The summed E-state index contributed by atoms with van der Waals surface area (Å²) in [5.74, 6) is 0.756. The van der Waals surface area contributed by atoms with Gasteiger partial charge in [-0.25, -0.2) is 0 Å². The van der Waals surface area contributed by atoms with Crippen molar-refractivity contribution in [1.82, 2.24) is 0 Å². The lowest BCUT2D eigenvalue weighted by molar-refractivity contribution is 0.412. The second-order valence-corrected chi connectivity index (χ2v) is 5.15. The van der Waals surface area contributed by atoms with Crippen LogP contribution in [0, 0.1) is 28.6 Å². The fraction of sp³-hybridized carbons (Fsp3) is 0.263. The van der Waals surface area contributed by atoms with E-state index >= 15 is 0 Å². The van der Waals surface area contributed by atoms with Gasteiger partial charge in [-0.2, -0.15) is 10.5 Å². The number of rotatable bonds is 6. The van der Waals surface area contributed by atoms with E-state index in [0.717, 1.165) is 16.9 Å². The first-order valence-corrected chi connectivity index (χ1v) is 7.23. The fourth-order valence-electron chi connectivity index (χ4n) is 2.77. The lowest BCUT2D eigenvalue weighted by Crippen LogP contribution is -2.14. The fourth-order valence-corrected chi connectivity index (χ4v) is 2.77. The Kier molecular flexibility index (Phi) is 5.57. The quantitative estimate of drug-likeness (QED) is 0.798. The molecule has 0 amide bonds. The number of nitriles is 2. The van der Waals surface area contributed by atoms with Crippen LogP contribution in [0.2, 0.25) is 0 Å². The van der Waals surface area contributed by atoms with Crippen molar-refractivity contribution in [3.8, 4) is 17.9 Å². The van der Waals surface area contributed by atoms with Crippen molar-refractivity contribution in [2.24, 2.45) is 5.92 Å². The van der Waals surface area contributed by atoms with Crippen molar-refractivity contribution in [2.75, 3.05) is 7.11 Å². The minimum absolute atomic E-state index is 0.00981. The number of nitrogens with zero attached hydrogens (tertiary/aromatic N) is 2. The van der Waals surface area contributed by atoms with Gasteiger partial charge in [0.1, 0.15) is 5.75 Å². The summed E-state index contributed by atoms with van der Waals surface area (Å²) in [4.78, 5) is 0. The van der Waals surface area contributed by atoms with Gasteiger partial charge in [-0.3, -0.25) is 0 Å². The molecule has 1 atom stereocenters. The largest absolute Gasteiger partial charge is 0.497 e. The molecular formula is C19H18N2O. The van der Waals surface area contributed by atoms with Crippen molar-refractivity contribution < 1.29 is 4.74 Å². The maximum atomic E-state index is 9.12. The molecule has 0 aliphatic carbocycles. The lowest BCUT2D eigenvalue weighted by atomic mass is 9.78. The van der Waals surface area contributed by atoms with E-state index in [0.29, 0.717) is 12.8 Å². The summed E-state index contributed by atoms with van der Waals surface area (Å²) in [5.41, 5.74) is 2.19. The summed E-state index contributed by atoms with van der Waals surface area (Å²) < 4.78 is 5.31. The summed E-state index contributed by atoms with van der Waals surface area (Å²) in [5, 5.41) is 18.2. The Morgan fingerprint density at radius 3 is 2.14 bits per heavy atom. The van der Waals surface area contributed by atoms with Crippen LogP contribution in [0.5, 0.6) is 5.75 Å². The van der Waals surface area contributed by atoms with Crippen LogP contribution in [0.3, 0.4) is 0 Å².